The van der Waals surface area contributed by atoms with Crippen LogP contribution in [0.1, 0.15) is 13.3 Å². The highest BCUT2D eigenvalue weighted by molar-refractivity contribution is 5.70. The van der Waals surface area contributed by atoms with Crippen molar-refractivity contribution in [3.63, 3.8) is 0 Å². The highest BCUT2D eigenvalue weighted by Crippen LogP contribution is 2.51. The van der Waals surface area contributed by atoms with Gasteiger partial charge in [-0.2, -0.15) is 43.9 Å². The quantitative estimate of drug-likeness (QED) is 0.523. The molecule has 0 fully saturated rings. The van der Waals surface area contributed by atoms with Gasteiger partial charge in [0.05, 0.1) is 6.61 Å². The Bertz CT molecular complexity index is 427. The van der Waals surface area contributed by atoms with E-state index in [9.17, 15) is 53.1 Å². The maximum Gasteiger partial charge on any atom is 0.462 e. The van der Waals surface area contributed by atoms with E-state index in [2.05, 4.69) is 9.47 Å². The van der Waals surface area contributed by atoms with Gasteiger partial charge in [0.2, 0.25) is 0 Å². The van der Waals surface area contributed by atoms with Crippen molar-refractivity contribution in [2.24, 2.45) is 0 Å². The molecular formula is C9H7F11O3. The van der Waals surface area contributed by atoms with Gasteiger partial charge in [0.1, 0.15) is 6.42 Å². The topological polar surface area (TPSA) is 35.5 Å². The first-order chi connectivity index (χ1) is 9.91. The van der Waals surface area contributed by atoms with Crippen LogP contribution < -0.4 is 0 Å². The Hall–Kier alpha value is -1.34. The van der Waals surface area contributed by atoms with E-state index in [0.717, 1.165) is 6.92 Å². The number of carbonyl (C=O) groups excluding carboxylic acids is 1. The number of rotatable bonds is 6. The average Bonchev–Trinajstić information content (AvgIpc) is 2.24. The molecule has 0 bridgehead atoms. The molecule has 1 atom stereocenters. The molecule has 0 radical (unpaired) electrons. The van der Waals surface area contributed by atoms with E-state index in [1.807, 2.05) is 0 Å². The molecular weight excluding hydrogens is 365 g/mol. The zero-order chi connectivity index (χ0) is 18.9. The molecule has 0 aliphatic heterocycles. The van der Waals surface area contributed by atoms with E-state index >= 15 is 0 Å². The van der Waals surface area contributed by atoms with Gasteiger partial charge in [-0.25, -0.2) is 4.39 Å². The summed E-state index contributed by atoms with van der Waals surface area (Å²) in [6.45, 7) is 0.362. The molecule has 14 heteroatoms. The first kappa shape index (κ1) is 21.7. The number of esters is 1. The summed E-state index contributed by atoms with van der Waals surface area (Å²) >= 11 is 0. The Morgan fingerprint density at radius 2 is 1.26 bits per heavy atom. The van der Waals surface area contributed by atoms with Crippen LogP contribution in [0.25, 0.3) is 0 Å². The molecule has 23 heavy (non-hydrogen) atoms. The molecule has 0 rings (SSSR count). The Kier molecular flexibility index (Phi) is 5.91. The third kappa shape index (κ3) is 4.57. The van der Waals surface area contributed by atoms with Crippen molar-refractivity contribution in [2.75, 3.05) is 6.61 Å². The fourth-order valence-electron chi connectivity index (χ4n) is 1.02. The lowest BCUT2D eigenvalue weighted by atomic mass is 10.2. The summed E-state index contributed by atoms with van der Waals surface area (Å²) in [4.78, 5) is 10.7. The molecule has 0 N–H and O–H groups in total. The minimum atomic E-state index is -7.16. The summed E-state index contributed by atoms with van der Waals surface area (Å²) in [6.07, 6.45) is -23.3. The predicted octanol–water partition coefficient (Wildman–Crippen LogP) is 3.97. The van der Waals surface area contributed by atoms with Gasteiger partial charge in [-0.1, -0.05) is 0 Å². The molecule has 0 aliphatic carbocycles. The number of ether oxygens (including phenoxy) is 2. The average molecular weight is 372 g/mol. The lowest BCUT2D eigenvalue weighted by Gasteiger charge is -2.34. The fourth-order valence-corrected chi connectivity index (χ4v) is 1.02. The van der Waals surface area contributed by atoms with Gasteiger partial charge < -0.3 is 4.74 Å². The van der Waals surface area contributed by atoms with E-state index in [0.29, 0.717) is 0 Å². The standard InChI is InChI=1S/C9H7F11O3/c1-2-22-4(21)3-5(10,7(13,14)15)23-9(19,20)6(11,12)8(16,17)18/h2-3H2,1H3. The first-order valence-electron chi connectivity index (χ1n) is 5.35. The summed E-state index contributed by atoms with van der Waals surface area (Å²) in [6, 6.07) is 0. The van der Waals surface area contributed by atoms with Gasteiger partial charge >= 0.3 is 36.2 Å². The fraction of sp³-hybridized carbons (Fsp3) is 0.889. The zero-order valence-electron chi connectivity index (χ0n) is 10.8. The van der Waals surface area contributed by atoms with Crippen molar-refractivity contribution in [1.82, 2.24) is 0 Å². The van der Waals surface area contributed by atoms with Gasteiger partial charge in [-0.15, -0.1) is 0 Å². The van der Waals surface area contributed by atoms with E-state index < -0.39 is 49.2 Å². The van der Waals surface area contributed by atoms with E-state index in [4.69, 9.17) is 0 Å². The third-order valence-electron chi connectivity index (χ3n) is 2.11. The third-order valence-corrected chi connectivity index (χ3v) is 2.11. The molecule has 0 aromatic rings. The molecule has 0 aromatic heterocycles. The molecule has 3 nitrogen and oxygen atoms in total. The maximum atomic E-state index is 13.5. The molecule has 0 amide bonds. The monoisotopic (exact) mass is 372 g/mol. The molecule has 0 aliphatic rings. The first-order valence-corrected chi connectivity index (χ1v) is 5.35. The molecule has 138 valence electrons. The van der Waals surface area contributed by atoms with Crippen LogP contribution in [0.2, 0.25) is 0 Å². The van der Waals surface area contributed by atoms with Crippen LogP contribution >= 0.6 is 0 Å². The zero-order valence-corrected chi connectivity index (χ0v) is 10.8. The van der Waals surface area contributed by atoms with Crippen molar-refractivity contribution in [3.05, 3.63) is 0 Å². The van der Waals surface area contributed by atoms with E-state index in [1.54, 1.807) is 0 Å². The molecule has 0 saturated heterocycles. The second-order valence-electron chi connectivity index (χ2n) is 3.90. The van der Waals surface area contributed by atoms with Crippen LogP contribution in [0, 0.1) is 0 Å². The van der Waals surface area contributed by atoms with Crippen molar-refractivity contribution in [1.29, 1.82) is 0 Å². The number of alkyl halides is 11. The van der Waals surface area contributed by atoms with Crippen LogP contribution in [0.3, 0.4) is 0 Å². The van der Waals surface area contributed by atoms with E-state index in [-0.39, 0.29) is 0 Å². The minimum Gasteiger partial charge on any atom is -0.466 e. The SMILES string of the molecule is CCOC(=O)CC(F)(OC(F)(F)C(F)(F)C(F)(F)F)C(F)(F)F. The minimum absolute atomic E-state index is 0.651. The van der Waals surface area contributed by atoms with Crippen molar-refractivity contribution in [3.8, 4) is 0 Å². The summed E-state index contributed by atoms with van der Waals surface area (Å²) in [5, 5.41) is 0. The lowest BCUT2D eigenvalue weighted by Crippen LogP contribution is -2.59. The summed E-state index contributed by atoms with van der Waals surface area (Å²) in [5.41, 5.74) is 0. The molecule has 0 spiro atoms. The van der Waals surface area contributed by atoms with Gasteiger partial charge in [0.15, 0.2) is 0 Å². The number of hydrogen-bond donors (Lipinski definition) is 0. The summed E-state index contributed by atoms with van der Waals surface area (Å²) < 4.78 is 142. The Balaban J connectivity index is 5.68. The van der Waals surface area contributed by atoms with Gasteiger partial charge in [0.25, 0.3) is 0 Å². The number of hydrogen-bond acceptors (Lipinski definition) is 3. The largest absolute Gasteiger partial charge is 0.466 e. The summed E-state index contributed by atoms with van der Waals surface area (Å²) in [5.74, 6) is -15.1. The molecule has 1 unspecified atom stereocenters. The Morgan fingerprint density at radius 1 is 0.826 bits per heavy atom. The lowest BCUT2D eigenvalue weighted by molar-refractivity contribution is -0.482. The van der Waals surface area contributed by atoms with Gasteiger partial charge in [0, 0.05) is 0 Å². The maximum absolute atomic E-state index is 13.5. The van der Waals surface area contributed by atoms with Crippen molar-refractivity contribution in [2.45, 2.75) is 43.6 Å². The van der Waals surface area contributed by atoms with Crippen LogP contribution in [0.5, 0.6) is 0 Å². The molecule has 0 saturated carbocycles. The van der Waals surface area contributed by atoms with E-state index in [1.165, 1.54) is 0 Å². The van der Waals surface area contributed by atoms with Gasteiger partial charge in [-0.05, 0) is 6.92 Å². The second kappa shape index (κ2) is 6.28. The second-order valence-corrected chi connectivity index (χ2v) is 3.90. The van der Waals surface area contributed by atoms with Crippen LogP contribution in [0.15, 0.2) is 0 Å². The Morgan fingerprint density at radius 3 is 1.57 bits per heavy atom. The molecule has 0 heterocycles. The van der Waals surface area contributed by atoms with Crippen LogP contribution in [-0.2, 0) is 14.3 Å². The smallest absolute Gasteiger partial charge is 0.462 e. The Labute approximate surface area is 120 Å². The van der Waals surface area contributed by atoms with Crippen LogP contribution in [-0.4, -0.2) is 42.8 Å². The number of carbonyl (C=O) groups is 1. The summed E-state index contributed by atoms with van der Waals surface area (Å²) in [7, 11) is 0. The highest BCUT2D eigenvalue weighted by atomic mass is 19.4. The number of halogens is 11. The predicted molar refractivity (Wildman–Crippen MR) is 48.2 cm³/mol. The normalized spacial score (nSPS) is 16.9. The van der Waals surface area contributed by atoms with Crippen molar-refractivity contribution >= 4 is 5.97 Å². The van der Waals surface area contributed by atoms with Crippen molar-refractivity contribution < 1.29 is 62.6 Å². The van der Waals surface area contributed by atoms with Crippen LogP contribution in [0.4, 0.5) is 48.3 Å². The molecule has 0 aromatic carbocycles. The van der Waals surface area contributed by atoms with Gasteiger partial charge in [-0.3, -0.25) is 9.53 Å². The highest BCUT2D eigenvalue weighted by Gasteiger charge is 2.78.